The average molecular weight is 420 g/mol. The summed E-state index contributed by atoms with van der Waals surface area (Å²) in [6.07, 6.45) is 8.35. The first kappa shape index (κ1) is 21.6. The predicted molar refractivity (Wildman–Crippen MR) is 123 cm³/mol. The van der Waals surface area contributed by atoms with E-state index in [9.17, 15) is 9.59 Å². The summed E-state index contributed by atoms with van der Waals surface area (Å²) in [5.74, 6) is 2.32. The molecule has 0 saturated heterocycles. The van der Waals surface area contributed by atoms with Crippen molar-refractivity contribution in [2.24, 2.45) is 17.3 Å². The molecule has 1 amide bonds. The van der Waals surface area contributed by atoms with Crippen LogP contribution in [0.5, 0.6) is 5.75 Å². The zero-order chi connectivity index (χ0) is 21.7. The third kappa shape index (κ3) is 5.36. The first-order valence-electron chi connectivity index (χ1n) is 11.7. The molecule has 0 aromatic heterocycles. The fourth-order valence-corrected chi connectivity index (χ4v) is 5.58. The molecule has 2 fully saturated rings. The number of ether oxygens (including phenoxy) is 1. The Morgan fingerprint density at radius 2 is 1.84 bits per heavy atom. The van der Waals surface area contributed by atoms with Crippen molar-refractivity contribution in [1.29, 1.82) is 0 Å². The highest BCUT2D eigenvalue weighted by Gasteiger charge is 2.47. The van der Waals surface area contributed by atoms with Crippen LogP contribution in [0.25, 0.3) is 0 Å². The second kappa shape index (κ2) is 9.67. The van der Waals surface area contributed by atoms with Crippen LogP contribution in [0, 0.1) is 17.3 Å². The van der Waals surface area contributed by atoms with Gasteiger partial charge in [-0.2, -0.15) is 0 Å². The summed E-state index contributed by atoms with van der Waals surface area (Å²) >= 11 is 0. The Labute approximate surface area is 185 Å². The number of hydrogen-bond donors (Lipinski definition) is 1. The number of amides is 1. The Balaban J connectivity index is 1.30. The lowest BCUT2D eigenvalue weighted by Crippen LogP contribution is -2.44. The van der Waals surface area contributed by atoms with Crippen LogP contribution in [0.3, 0.4) is 0 Å². The highest BCUT2D eigenvalue weighted by atomic mass is 16.5. The normalized spacial score (nSPS) is 24.9. The third-order valence-electron chi connectivity index (χ3n) is 7.18. The maximum absolute atomic E-state index is 13.2. The van der Waals surface area contributed by atoms with Gasteiger partial charge in [0.2, 0.25) is 5.91 Å². The molecule has 2 aliphatic rings. The molecular weight excluding hydrogens is 386 g/mol. The summed E-state index contributed by atoms with van der Waals surface area (Å²) in [7, 11) is 0. The monoisotopic (exact) mass is 419 g/mol. The first-order chi connectivity index (χ1) is 15.1. The Morgan fingerprint density at radius 1 is 1.06 bits per heavy atom. The van der Waals surface area contributed by atoms with Gasteiger partial charge < -0.3 is 10.1 Å². The Morgan fingerprint density at radius 3 is 2.58 bits per heavy atom. The molecule has 0 heterocycles. The van der Waals surface area contributed by atoms with Gasteiger partial charge in [0.25, 0.3) is 0 Å². The summed E-state index contributed by atoms with van der Waals surface area (Å²) in [5.41, 5.74) is 1.55. The van der Waals surface area contributed by atoms with Gasteiger partial charge in [-0.25, -0.2) is 0 Å². The molecule has 0 spiro atoms. The molecule has 2 aromatic rings. The van der Waals surface area contributed by atoms with Crippen molar-refractivity contribution >= 4 is 17.4 Å². The molecule has 3 atom stereocenters. The second-order valence-corrected chi connectivity index (χ2v) is 9.40. The van der Waals surface area contributed by atoms with E-state index in [4.69, 9.17) is 4.74 Å². The molecule has 2 bridgehead atoms. The van der Waals surface area contributed by atoms with E-state index in [0.717, 1.165) is 36.4 Å². The van der Waals surface area contributed by atoms with Crippen LogP contribution in [0.1, 0.15) is 57.4 Å². The highest BCUT2D eigenvalue weighted by molar-refractivity contribution is 5.92. The largest absolute Gasteiger partial charge is 0.486 e. The summed E-state index contributed by atoms with van der Waals surface area (Å²) in [6, 6.07) is 17.0. The standard InChI is InChI=1S/C27H33NO3/c1-2-20-15-22-7-6-14-27(17-20,18-22)25(29)19-31-24-12-10-21(11-13-24)16-26(30)28-23-8-4-3-5-9-23/h3-5,8-13,20,22H,2,6-7,14-19H2,1H3,(H,28,30). The predicted octanol–water partition coefficient (Wildman–Crippen LogP) is 5.81. The van der Waals surface area contributed by atoms with Crippen molar-refractivity contribution in [1.82, 2.24) is 0 Å². The van der Waals surface area contributed by atoms with Crippen LogP contribution < -0.4 is 10.1 Å². The highest BCUT2D eigenvalue weighted by Crippen LogP contribution is 2.52. The zero-order valence-electron chi connectivity index (χ0n) is 18.4. The minimum atomic E-state index is -0.155. The lowest BCUT2D eigenvalue weighted by Gasteiger charge is -2.47. The van der Waals surface area contributed by atoms with Gasteiger partial charge in [0, 0.05) is 11.1 Å². The maximum Gasteiger partial charge on any atom is 0.228 e. The average Bonchev–Trinajstić information content (AvgIpc) is 2.78. The van der Waals surface area contributed by atoms with Crippen molar-refractivity contribution in [3.63, 3.8) is 0 Å². The summed E-state index contributed by atoms with van der Waals surface area (Å²) in [5, 5.41) is 2.89. The summed E-state index contributed by atoms with van der Waals surface area (Å²) in [4.78, 5) is 25.4. The Kier molecular flexibility index (Phi) is 6.74. The molecule has 31 heavy (non-hydrogen) atoms. The van der Waals surface area contributed by atoms with Gasteiger partial charge in [-0.15, -0.1) is 0 Å². The molecular formula is C27H33NO3. The number of carbonyl (C=O) groups excluding carboxylic acids is 2. The van der Waals surface area contributed by atoms with Crippen molar-refractivity contribution < 1.29 is 14.3 Å². The van der Waals surface area contributed by atoms with E-state index in [2.05, 4.69) is 12.2 Å². The van der Waals surface area contributed by atoms with E-state index in [0.29, 0.717) is 18.1 Å². The number of Topliss-reactive ketones (excluding diaryl/α,β-unsaturated/α-hetero) is 1. The summed E-state index contributed by atoms with van der Waals surface area (Å²) in [6.45, 7) is 2.40. The molecule has 2 aliphatic carbocycles. The van der Waals surface area contributed by atoms with Crippen LogP contribution in [0.4, 0.5) is 5.69 Å². The number of fused-ring (bicyclic) bond motifs is 2. The number of anilines is 1. The van der Waals surface area contributed by atoms with Crippen LogP contribution in [-0.4, -0.2) is 18.3 Å². The number of hydrogen-bond acceptors (Lipinski definition) is 3. The van der Waals surface area contributed by atoms with Gasteiger partial charge in [0.15, 0.2) is 5.78 Å². The van der Waals surface area contributed by atoms with Crippen molar-refractivity contribution in [3.05, 3.63) is 60.2 Å². The Hall–Kier alpha value is -2.62. The molecule has 0 radical (unpaired) electrons. The van der Waals surface area contributed by atoms with Crippen LogP contribution in [0.2, 0.25) is 0 Å². The second-order valence-electron chi connectivity index (χ2n) is 9.40. The van der Waals surface area contributed by atoms with E-state index < -0.39 is 0 Å². The topological polar surface area (TPSA) is 55.4 Å². The van der Waals surface area contributed by atoms with Crippen LogP contribution in [0.15, 0.2) is 54.6 Å². The fourth-order valence-electron chi connectivity index (χ4n) is 5.58. The van der Waals surface area contributed by atoms with E-state index >= 15 is 0 Å². The minimum absolute atomic E-state index is 0.0521. The molecule has 2 aromatic carbocycles. The molecule has 1 N–H and O–H groups in total. The van der Waals surface area contributed by atoms with Gasteiger partial charge in [0.1, 0.15) is 12.4 Å². The van der Waals surface area contributed by atoms with Gasteiger partial charge in [-0.3, -0.25) is 9.59 Å². The van der Waals surface area contributed by atoms with Crippen molar-refractivity contribution in [3.8, 4) is 5.75 Å². The van der Waals surface area contributed by atoms with Gasteiger partial charge >= 0.3 is 0 Å². The lowest BCUT2D eigenvalue weighted by atomic mass is 9.57. The van der Waals surface area contributed by atoms with E-state index in [-0.39, 0.29) is 23.7 Å². The minimum Gasteiger partial charge on any atom is -0.486 e. The van der Waals surface area contributed by atoms with Gasteiger partial charge in [-0.05, 0) is 67.3 Å². The number of carbonyl (C=O) groups is 2. The van der Waals surface area contributed by atoms with E-state index in [1.54, 1.807) is 0 Å². The Bertz CT molecular complexity index is 892. The molecule has 2 saturated carbocycles. The number of para-hydroxylation sites is 1. The quantitative estimate of drug-likeness (QED) is 0.587. The van der Waals surface area contributed by atoms with Crippen molar-refractivity contribution in [2.45, 2.75) is 58.3 Å². The summed E-state index contributed by atoms with van der Waals surface area (Å²) < 4.78 is 5.88. The van der Waals surface area contributed by atoms with Gasteiger partial charge in [-0.1, -0.05) is 56.5 Å². The molecule has 164 valence electrons. The number of rotatable bonds is 8. The molecule has 3 unspecified atom stereocenters. The smallest absolute Gasteiger partial charge is 0.228 e. The SMILES string of the molecule is CCC1CC2CCCC(C(=O)COc3ccc(CC(=O)Nc4ccccc4)cc3)(C1)C2. The maximum atomic E-state index is 13.2. The third-order valence-corrected chi connectivity index (χ3v) is 7.18. The van der Waals surface area contributed by atoms with Crippen LogP contribution in [-0.2, 0) is 16.0 Å². The molecule has 4 heteroatoms. The number of nitrogens with one attached hydrogen (secondary N) is 1. The molecule has 4 rings (SSSR count). The fraction of sp³-hybridized carbons (Fsp3) is 0.481. The lowest BCUT2D eigenvalue weighted by molar-refractivity contribution is -0.138. The first-order valence-corrected chi connectivity index (χ1v) is 11.7. The number of ketones is 1. The molecule has 0 aliphatic heterocycles. The van der Waals surface area contributed by atoms with Gasteiger partial charge in [0.05, 0.1) is 6.42 Å². The van der Waals surface area contributed by atoms with E-state index in [1.807, 2.05) is 54.6 Å². The molecule has 4 nitrogen and oxygen atoms in total. The van der Waals surface area contributed by atoms with Crippen molar-refractivity contribution in [2.75, 3.05) is 11.9 Å². The number of benzene rings is 2. The van der Waals surface area contributed by atoms with E-state index in [1.165, 1.54) is 25.7 Å². The van der Waals surface area contributed by atoms with Crippen LogP contribution >= 0.6 is 0 Å². The zero-order valence-corrected chi connectivity index (χ0v) is 18.4.